The Balaban J connectivity index is 2.97. The van der Waals surface area contributed by atoms with Crippen LogP contribution in [0.3, 0.4) is 0 Å². The molecule has 0 heterocycles. The Morgan fingerprint density at radius 2 is 1.73 bits per heavy atom. The fraction of sp³-hybridized carbons (Fsp3) is 0.375. The molecule has 0 aliphatic rings. The minimum atomic E-state index is -0.729. The third-order valence-corrected chi connectivity index (χ3v) is 2.78. The molecular weight excluding hydrogens is 286 g/mol. The van der Waals surface area contributed by atoms with Crippen molar-refractivity contribution < 1.29 is 23.8 Å². The molecule has 22 heavy (non-hydrogen) atoms. The lowest BCUT2D eigenvalue weighted by molar-refractivity contribution is -0.146. The number of aryl methyl sites for hydroxylation is 1. The van der Waals surface area contributed by atoms with E-state index < -0.39 is 11.9 Å². The first kappa shape index (κ1) is 17.6. The van der Waals surface area contributed by atoms with Crippen molar-refractivity contribution in [3.05, 3.63) is 35.5 Å². The molecule has 1 N–H and O–H groups in total. The van der Waals surface area contributed by atoms with Crippen molar-refractivity contribution in [1.29, 1.82) is 0 Å². The summed E-state index contributed by atoms with van der Waals surface area (Å²) in [6, 6.07) is 5.44. The fourth-order valence-electron chi connectivity index (χ4n) is 1.68. The van der Waals surface area contributed by atoms with Gasteiger partial charge in [-0.25, -0.2) is 9.59 Å². The van der Waals surface area contributed by atoms with Crippen LogP contribution in [0.15, 0.2) is 30.0 Å². The Morgan fingerprint density at radius 3 is 2.23 bits per heavy atom. The molecule has 1 rings (SSSR count). The van der Waals surface area contributed by atoms with Crippen molar-refractivity contribution in [3.63, 3.8) is 0 Å². The summed E-state index contributed by atoms with van der Waals surface area (Å²) in [4.78, 5) is 23.6. The summed E-state index contributed by atoms with van der Waals surface area (Å²) in [7, 11) is 1.57. The zero-order chi connectivity index (χ0) is 16.5. The molecule has 0 aliphatic heterocycles. The molecule has 0 saturated heterocycles. The molecule has 0 fully saturated rings. The van der Waals surface area contributed by atoms with E-state index in [9.17, 15) is 9.59 Å². The van der Waals surface area contributed by atoms with E-state index in [1.807, 2.05) is 19.1 Å². The number of anilines is 1. The van der Waals surface area contributed by atoms with Crippen LogP contribution in [-0.2, 0) is 19.1 Å². The van der Waals surface area contributed by atoms with Crippen LogP contribution >= 0.6 is 0 Å². The summed E-state index contributed by atoms with van der Waals surface area (Å²) in [5.41, 5.74) is 1.46. The number of hydrogen-bond acceptors (Lipinski definition) is 6. The second-order valence-electron chi connectivity index (χ2n) is 4.33. The van der Waals surface area contributed by atoms with E-state index in [0.717, 1.165) is 5.56 Å². The Bertz CT molecular complexity index is 546. The van der Waals surface area contributed by atoms with Gasteiger partial charge < -0.3 is 19.5 Å². The van der Waals surface area contributed by atoms with Gasteiger partial charge in [0.2, 0.25) is 0 Å². The molecule has 0 saturated carbocycles. The van der Waals surface area contributed by atoms with E-state index in [1.165, 1.54) is 6.20 Å². The fourth-order valence-corrected chi connectivity index (χ4v) is 1.68. The second kappa shape index (κ2) is 8.71. The molecule has 0 aromatic heterocycles. The molecule has 120 valence electrons. The highest BCUT2D eigenvalue weighted by Gasteiger charge is 2.20. The van der Waals surface area contributed by atoms with E-state index in [0.29, 0.717) is 11.4 Å². The van der Waals surface area contributed by atoms with Crippen LogP contribution in [0.1, 0.15) is 19.4 Å². The summed E-state index contributed by atoms with van der Waals surface area (Å²) in [6.07, 6.45) is 1.28. The number of nitrogens with one attached hydrogen (secondary N) is 1. The SMILES string of the molecule is CCOC(=O)C(=CNc1ccc(C)c(OC)c1)C(=O)OCC. The summed E-state index contributed by atoms with van der Waals surface area (Å²) >= 11 is 0. The van der Waals surface area contributed by atoms with Crippen molar-refractivity contribution >= 4 is 17.6 Å². The lowest BCUT2D eigenvalue weighted by atomic mass is 10.2. The monoisotopic (exact) mass is 307 g/mol. The van der Waals surface area contributed by atoms with Gasteiger partial charge in [-0.05, 0) is 32.4 Å². The predicted octanol–water partition coefficient (Wildman–Crippen LogP) is 2.43. The highest BCUT2D eigenvalue weighted by Crippen LogP contribution is 2.22. The van der Waals surface area contributed by atoms with Crippen molar-refractivity contribution in [2.75, 3.05) is 25.6 Å². The van der Waals surface area contributed by atoms with Crippen molar-refractivity contribution in [2.24, 2.45) is 0 Å². The summed E-state index contributed by atoms with van der Waals surface area (Å²) in [5.74, 6) is -0.757. The number of ether oxygens (including phenoxy) is 3. The third kappa shape index (κ3) is 4.80. The molecule has 0 bridgehead atoms. The second-order valence-corrected chi connectivity index (χ2v) is 4.33. The van der Waals surface area contributed by atoms with Gasteiger partial charge in [0, 0.05) is 18.0 Å². The average Bonchev–Trinajstić information content (AvgIpc) is 2.49. The minimum Gasteiger partial charge on any atom is -0.496 e. The standard InChI is InChI=1S/C16H21NO5/c1-5-21-15(18)13(16(19)22-6-2)10-17-12-8-7-11(3)14(9-12)20-4/h7-10,17H,5-6H2,1-4H3. The topological polar surface area (TPSA) is 73.9 Å². The van der Waals surface area contributed by atoms with Gasteiger partial charge in [0.1, 0.15) is 5.75 Å². The van der Waals surface area contributed by atoms with Gasteiger partial charge >= 0.3 is 11.9 Å². The molecule has 0 atom stereocenters. The number of rotatable bonds is 7. The quantitative estimate of drug-likeness (QED) is 0.361. The van der Waals surface area contributed by atoms with Crippen LogP contribution < -0.4 is 10.1 Å². The first-order chi connectivity index (χ1) is 10.5. The van der Waals surface area contributed by atoms with Crippen LogP contribution in [-0.4, -0.2) is 32.3 Å². The zero-order valence-corrected chi connectivity index (χ0v) is 13.3. The molecule has 0 radical (unpaired) electrons. The summed E-state index contributed by atoms with van der Waals surface area (Å²) < 4.78 is 14.9. The van der Waals surface area contributed by atoms with Crippen LogP contribution in [0, 0.1) is 6.92 Å². The van der Waals surface area contributed by atoms with Gasteiger partial charge in [0.05, 0.1) is 20.3 Å². The normalized spacial score (nSPS) is 9.64. The van der Waals surface area contributed by atoms with E-state index >= 15 is 0 Å². The molecule has 1 aromatic rings. The third-order valence-electron chi connectivity index (χ3n) is 2.78. The Labute approximate surface area is 130 Å². The van der Waals surface area contributed by atoms with Crippen LogP contribution in [0.5, 0.6) is 5.75 Å². The smallest absolute Gasteiger partial charge is 0.347 e. The molecule has 6 nitrogen and oxygen atoms in total. The van der Waals surface area contributed by atoms with Gasteiger partial charge in [-0.15, -0.1) is 0 Å². The van der Waals surface area contributed by atoms with E-state index in [-0.39, 0.29) is 18.8 Å². The van der Waals surface area contributed by atoms with Crippen molar-refractivity contribution in [3.8, 4) is 5.75 Å². The maximum atomic E-state index is 11.8. The molecular formula is C16H21NO5. The molecule has 0 unspecified atom stereocenters. The number of hydrogen-bond donors (Lipinski definition) is 1. The Morgan fingerprint density at radius 1 is 1.14 bits per heavy atom. The lowest BCUT2D eigenvalue weighted by Crippen LogP contribution is -2.19. The highest BCUT2D eigenvalue weighted by atomic mass is 16.6. The van der Waals surface area contributed by atoms with Gasteiger partial charge in [-0.1, -0.05) is 6.07 Å². The van der Waals surface area contributed by atoms with Gasteiger partial charge in [-0.3, -0.25) is 0 Å². The Kier molecular flexibility index (Phi) is 6.95. The minimum absolute atomic E-state index is 0.175. The highest BCUT2D eigenvalue weighted by molar-refractivity contribution is 6.14. The Hall–Kier alpha value is -2.50. The van der Waals surface area contributed by atoms with Crippen LogP contribution in [0.4, 0.5) is 5.69 Å². The number of carbonyl (C=O) groups is 2. The van der Waals surface area contributed by atoms with E-state index in [2.05, 4.69) is 5.32 Å². The zero-order valence-electron chi connectivity index (χ0n) is 13.3. The summed E-state index contributed by atoms with van der Waals surface area (Å²) in [6.45, 7) is 5.60. The number of esters is 2. The van der Waals surface area contributed by atoms with Gasteiger partial charge in [0.25, 0.3) is 0 Å². The molecule has 0 spiro atoms. The molecule has 0 amide bonds. The van der Waals surface area contributed by atoms with Gasteiger partial charge in [0.15, 0.2) is 5.57 Å². The van der Waals surface area contributed by atoms with E-state index in [4.69, 9.17) is 14.2 Å². The number of benzene rings is 1. The summed E-state index contributed by atoms with van der Waals surface area (Å²) in [5, 5.41) is 2.88. The van der Waals surface area contributed by atoms with Crippen LogP contribution in [0.25, 0.3) is 0 Å². The average molecular weight is 307 g/mol. The number of methoxy groups -OCH3 is 1. The predicted molar refractivity (Wildman–Crippen MR) is 82.7 cm³/mol. The lowest BCUT2D eigenvalue weighted by Gasteiger charge is -2.09. The molecule has 1 aromatic carbocycles. The van der Waals surface area contributed by atoms with Crippen molar-refractivity contribution in [1.82, 2.24) is 0 Å². The van der Waals surface area contributed by atoms with Gasteiger partial charge in [-0.2, -0.15) is 0 Å². The van der Waals surface area contributed by atoms with Crippen molar-refractivity contribution in [2.45, 2.75) is 20.8 Å². The molecule has 0 aliphatic carbocycles. The largest absolute Gasteiger partial charge is 0.496 e. The maximum Gasteiger partial charge on any atom is 0.347 e. The maximum absolute atomic E-state index is 11.8. The van der Waals surface area contributed by atoms with Crippen LogP contribution in [0.2, 0.25) is 0 Å². The first-order valence-corrected chi connectivity index (χ1v) is 6.99. The first-order valence-electron chi connectivity index (χ1n) is 6.99. The van der Waals surface area contributed by atoms with E-state index in [1.54, 1.807) is 27.0 Å². The molecule has 6 heteroatoms. The number of carbonyl (C=O) groups excluding carboxylic acids is 2.